The minimum atomic E-state index is -2.25. The SMILES string of the molecule is C=CC(=O)OC1CC(CC[Si](C)(O[Si](C)(C)C)O[Si](C)(C)C)CCC1O. The molecule has 152 valence electrons. The van der Waals surface area contributed by atoms with E-state index in [1.54, 1.807) is 0 Å². The van der Waals surface area contributed by atoms with Gasteiger partial charge in [-0.2, -0.15) is 0 Å². The minimum Gasteiger partial charge on any atom is -0.456 e. The van der Waals surface area contributed by atoms with Gasteiger partial charge in [-0.1, -0.05) is 6.58 Å². The molecule has 1 aliphatic rings. The molecule has 3 atom stereocenters. The van der Waals surface area contributed by atoms with Gasteiger partial charge in [0, 0.05) is 6.08 Å². The molecule has 1 rings (SSSR count). The molecule has 0 bridgehead atoms. The maximum Gasteiger partial charge on any atom is 0.330 e. The molecule has 0 heterocycles. The highest BCUT2D eigenvalue weighted by molar-refractivity contribution is 6.87. The molecule has 1 saturated carbocycles. The lowest BCUT2D eigenvalue weighted by Crippen LogP contribution is -2.52. The van der Waals surface area contributed by atoms with E-state index in [4.69, 9.17) is 13.0 Å². The molecule has 1 fully saturated rings. The van der Waals surface area contributed by atoms with Gasteiger partial charge < -0.3 is 18.1 Å². The van der Waals surface area contributed by atoms with Gasteiger partial charge in [0.25, 0.3) is 0 Å². The van der Waals surface area contributed by atoms with Crippen LogP contribution in [0.25, 0.3) is 0 Å². The zero-order valence-electron chi connectivity index (χ0n) is 17.6. The summed E-state index contributed by atoms with van der Waals surface area (Å²) >= 11 is 0. The van der Waals surface area contributed by atoms with Crippen molar-refractivity contribution in [3.05, 3.63) is 12.7 Å². The Labute approximate surface area is 162 Å². The first kappa shape index (κ1) is 23.8. The van der Waals surface area contributed by atoms with Gasteiger partial charge in [0.15, 0.2) is 16.6 Å². The van der Waals surface area contributed by atoms with Gasteiger partial charge in [-0.05, 0) is 83.5 Å². The van der Waals surface area contributed by atoms with Crippen LogP contribution >= 0.6 is 0 Å². The normalized spacial score (nSPS) is 25.0. The summed E-state index contributed by atoms with van der Waals surface area (Å²) in [5, 5.41) is 10.1. The maximum absolute atomic E-state index is 11.5. The molecule has 1 aliphatic carbocycles. The Kier molecular flexibility index (Phi) is 8.50. The molecule has 5 nitrogen and oxygen atoms in total. The van der Waals surface area contributed by atoms with Crippen LogP contribution in [0.1, 0.15) is 25.7 Å². The third-order valence-corrected chi connectivity index (χ3v) is 13.9. The van der Waals surface area contributed by atoms with Gasteiger partial charge in [0.1, 0.15) is 6.10 Å². The quantitative estimate of drug-likeness (QED) is 0.341. The second-order valence-corrected chi connectivity index (χ2v) is 22.4. The van der Waals surface area contributed by atoms with E-state index >= 15 is 0 Å². The van der Waals surface area contributed by atoms with E-state index in [2.05, 4.69) is 52.4 Å². The first-order valence-corrected chi connectivity index (χ1v) is 19.0. The van der Waals surface area contributed by atoms with Crippen LogP contribution in [0.4, 0.5) is 0 Å². The van der Waals surface area contributed by atoms with Crippen molar-refractivity contribution in [3.8, 4) is 0 Å². The third kappa shape index (κ3) is 9.10. The number of aliphatic hydroxyl groups is 1. The average molecular weight is 419 g/mol. The molecular formula is C18H38O5Si3. The van der Waals surface area contributed by atoms with Gasteiger partial charge in [-0.15, -0.1) is 0 Å². The Bertz CT molecular complexity index is 468. The topological polar surface area (TPSA) is 65.0 Å². The highest BCUT2D eigenvalue weighted by Gasteiger charge is 2.41. The van der Waals surface area contributed by atoms with E-state index in [9.17, 15) is 9.90 Å². The predicted molar refractivity (Wildman–Crippen MR) is 113 cm³/mol. The molecule has 0 aliphatic heterocycles. The fourth-order valence-corrected chi connectivity index (χ4v) is 16.3. The highest BCUT2D eigenvalue weighted by atomic mass is 28.5. The van der Waals surface area contributed by atoms with E-state index in [-0.39, 0.29) is 0 Å². The monoisotopic (exact) mass is 418 g/mol. The number of rotatable bonds is 9. The van der Waals surface area contributed by atoms with Crippen LogP contribution in [-0.2, 0) is 17.8 Å². The predicted octanol–water partition coefficient (Wildman–Crippen LogP) is 4.41. The summed E-state index contributed by atoms with van der Waals surface area (Å²) in [6, 6.07) is 0.949. The molecule has 3 unspecified atom stereocenters. The Hall–Kier alpha value is -0.259. The molecule has 0 aromatic carbocycles. The van der Waals surface area contributed by atoms with Crippen LogP contribution in [-0.4, -0.2) is 48.5 Å². The molecule has 0 spiro atoms. The summed E-state index contributed by atoms with van der Waals surface area (Å²) in [7, 11) is -5.63. The van der Waals surface area contributed by atoms with Crippen molar-refractivity contribution in [1.82, 2.24) is 0 Å². The minimum absolute atomic E-state index is 0.420. The molecule has 26 heavy (non-hydrogen) atoms. The summed E-state index contributed by atoms with van der Waals surface area (Å²) in [6.45, 7) is 18.9. The number of hydrogen-bond acceptors (Lipinski definition) is 5. The van der Waals surface area contributed by atoms with Crippen molar-refractivity contribution in [2.24, 2.45) is 5.92 Å². The summed E-state index contributed by atoms with van der Waals surface area (Å²) in [6.07, 6.45) is 3.47. The lowest BCUT2D eigenvalue weighted by molar-refractivity contribution is -0.153. The fourth-order valence-electron chi connectivity index (χ4n) is 3.67. The fraction of sp³-hybridized carbons (Fsp3) is 0.833. The van der Waals surface area contributed by atoms with Gasteiger partial charge in [0.2, 0.25) is 0 Å². The highest BCUT2D eigenvalue weighted by Crippen LogP contribution is 2.34. The molecule has 1 N–H and O–H groups in total. The summed E-state index contributed by atoms with van der Waals surface area (Å²) in [5.41, 5.74) is 0. The van der Waals surface area contributed by atoms with Crippen molar-refractivity contribution in [2.75, 3.05) is 0 Å². The molecule has 0 aromatic rings. The smallest absolute Gasteiger partial charge is 0.330 e. The average Bonchev–Trinajstić information content (AvgIpc) is 2.44. The standard InChI is InChI=1S/C18H38O5Si3/c1-9-18(20)21-17-14-15(10-11-16(17)19)12-13-26(8,22-24(2,3)4)23-25(5,6)7/h9,15-17,19H,1,10-14H2,2-8H3. The Morgan fingerprint density at radius 1 is 1.08 bits per heavy atom. The van der Waals surface area contributed by atoms with E-state index in [1.165, 1.54) is 0 Å². The zero-order valence-corrected chi connectivity index (χ0v) is 20.6. The van der Waals surface area contributed by atoms with Crippen LogP contribution in [0.3, 0.4) is 0 Å². The number of aliphatic hydroxyl groups excluding tert-OH is 1. The zero-order chi connectivity index (χ0) is 20.2. The first-order chi connectivity index (χ1) is 11.7. The van der Waals surface area contributed by atoms with Gasteiger partial charge >= 0.3 is 14.5 Å². The van der Waals surface area contributed by atoms with Gasteiger partial charge in [-0.25, -0.2) is 4.79 Å². The summed E-state index contributed by atoms with van der Waals surface area (Å²) in [4.78, 5) is 11.5. The van der Waals surface area contributed by atoms with E-state index in [1.807, 2.05) is 0 Å². The first-order valence-electron chi connectivity index (χ1n) is 9.64. The largest absolute Gasteiger partial charge is 0.456 e. The Morgan fingerprint density at radius 2 is 1.62 bits per heavy atom. The Balaban J connectivity index is 2.72. The van der Waals surface area contributed by atoms with Gasteiger partial charge in [0.05, 0.1) is 6.10 Å². The third-order valence-electron chi connectivity index (χ3n) is 4.35. The summed E-state index contributed by atoms with van der Waals surface area (Å²) in [5.74, 6) is -0.0404. The molecule has 8 heteroatoms. The second-order valence-electron chi connectivity index (χ2n) is 9.53. The van der Waals surface area contributed by atoms with Crippen molar-refractivity contribution < 1.29 is 22.9 Å². The van der Waals surface area contributed by atoms with Crippen LogP contribution in [0.5, 0.6) is 0 Å². The van der Waals surface area contributed by atoms with Gasteiger partial charge in [-0.3, -0.25) is 0 Å². The van der Waals surface area contributed by atoms with E-state index in [0.717, 1.165) is 25.0 Å². The second kappa shape index (κ2) is 9.29. The number of carbonyl (C=O) groups is 1. The summed E-state index contributed by atoms with van der Waals surface area (Å²) < 4.78 is 18.5. The van der Waals surface area contributed by atoms with Crippen molar-refractivity contribution in [1.29, 1.82) is 0 Å². The number of ether oxygens (including phenoxy) is 1. The van der Waals surface area contributed by atoms with Crippen molar-refractivity contribution in [3.63, 3.8) is 0 Å². The lowest BCUT2D eigenvalue weighted by atomic mass is 9.84. The molecular weight excluding hydrogens is 380 g/mol. The van der Waals surface area contributed by atoms with Crippen molar-refractivity contribution >= 4 is 31.2 Å². The number of carbonyl (C=O) groups excluding carboxylic acids is 1. The van der Waals surface area contributed by atoms with Crippen LogP contribution in [0.15, 0.2) is 12.7 Å². The number of hydrogen-bond donors (Lipinski definition) is 1. The van der Waals surface area contributed by atoms with Crippen LogP contribution in [0, 0.1) is 5.92 Å². The van der Waals surface area contributed by atoms with E-state index < -0.39 is 43.4 Å². The Morgan fingerprint density at radius 3 is 2.08 bits per heavy atom. The van der Waals surface area contributed by atoms with Crippen molar-refractivity contribution in [2.45, 2.75) is 89.8 Å². The lowest BCUT2D eigenvalue weighted by Gasteiger charge is -2.40. The number of esters is 1. The molecule has 0 aromatic heterocycles. The molecule has 0 radical (unpaired) electrons. The van der Waals surface area contributed by atoms with E-state index in [0.29, 0.717) is 18.8 Å². The van der Waals surface area contributed by atoms with Crippen LogP contribution in [0.2, 0.25) is 51.9 Å². The molecule has 0 amide bonds. The molecule has 0 saturated heterocycles. The maximum atomic E-state index is 11.5. The van der Waals surface area contributed by atoms with Crippen LogP contribution < -0.4 is 0 Å².